The molecule has 0 aliphatic heterocycles. The number of halogens is 1. The molecule has 0 amide bonds. The van der Waals surface area contributed by atoms with Crippen molar-refractivity contribution in [2.24, 2.45) is 0 Å². The first-order chi connectivity index (χ1) is 8.63. The zero-order valence-electron chi connectivity index (χ0n) is 10.4. The summed E-state index contributed by atoms with van der Waals surface area (Å²) in [5.74, 6) is 0. The molecule has 18 heavy (non-hydrogen) atoms. The van der Waals surface area contributed by atoms with E-state index in [1.54, 1.807) is 0 Å². The van der Waals surface area contributed by atoms with Crippen molar-refractivity contribution in [2.75, 3.05) is 11.9 Å². The molecule has 92 valence electrons. The average Bonchev–Trinajstić information content (AvgIpc) is 2.38. The molecular formula is C15H14BrNO. The molecule has 0 aromatic heterocycles. The maximum absolute atomic E-state index is 10.7. The molecule has 0 atom stereocenters. The van der Waals surface area contributed by atoms with Crippen LogP contribution in [-0.2, 0) is 0 Å². The Kier molecular flexibility index (Phi) is 3.82. The Morgan fingerprint density at radius 1 is 1.11 bits per heavy atom. The molecule has 2 aromatic carbocycles. The van der Waals surface area contributed by atoms with Gasteiger partial charge in [-0.25, -0.2) is 0 Å². The number of para-hydroxylation sites is 1. The van der Waals surface area contributed by atoms with Gasteiger partial charge in [0.2, 0.25) is 0 Å². The highest BCUT2D eigenvalue weighted by Crippen LogP contribution is 2.32. The molecule has 0 aliphatic carbocycles. The second-order valence-electron chi connectivity index (χ2n) is 4.17. The van der Waals surface area contributed by atoms with Gasteiger partial charge in [-0.15, -0.1) is 0 Å². The lowest BCUT2D eigenvalue weighted by atomic mass is 10.1. The van der Waals surface area contributed by atoms with Gasteiger partial charge >= 0.3 is 0 Å². The molecule has 0 N–H and O–H groups in total. The van der Waals surface area contributed by atoms with Gasteiger partial charge in [0.25, 0.3) is 0 Å². The quantitative estimate of drug-likeness (QED) is 0.786. The second-order valence-corrected chi connectivity index (χ2v) is 5.03. The first-order valence-corrected chi connectivity index (χ1v) is 6.47. The number of carbonyl (C=O) groups excluding carboxylic acids is 1. The van der Waals surface area contributed by atoms with E-state index in [4.69, 9.17) is 0 Å². The van der Waals surface area contributed by atoms with Gasteiger partial charge in [0.15, 0.2) is 0 Å². The van der Waals surface area contributed by atoms with E-state index in [9.17, 15) is 4.79 Å². The third kappa shape index (κ3) is 2.46. The molecule has 0 aliphatic rings. The highest BCUT2D eigenvalue weighted by atomic mass is 79.9. The van der Waals surface area contributed by atoms with E-state index in [0.717, 1.165) is 22.1 Å². The zero-order valence-corrected chi connectivity index (χ0v) is 11.9. The van der Waals surface area contributed by atoms with Crippen molar-refractivity contribution < 1.29 is 4.79 Å². The Labute approximate surface area is 115 Å². The fourth-order valence-corrected chi connectivity index (χ4v) is 2.60. The number of rotatable bonds is 3. The van der Waals surface area contributed by atoms with Crippen molar-refractivity contribution in [1.29, 1.82) is 0 Å². The third-order valence-electron chi connectivity index (χ3n) is 2.95. The summed E-state index contributed by atoms with van der Waals surface area (Å²) in [6, 6.07) is 13.8. The normalized spacial score (nSPS) is 10.2. The number of carbonyl (C=O) groups is 1. The Bertz CT molecular complexity index is 580. The Morgan fingerprint density at radius 2 is 1.83 bits per heavy atom. The second kappa shape index (κ2) is 5.36. The molecule has 0 bridgehead atoms. The van der Waals surface area contributed by atoms with Gasteiger partial charge in [-0.3, -0.25) is 4.79 Å². The first kappa shape index (κ1) is 12.8. The van der Waals surface area contributed by atoms with Gasteiger partial charge in [-0.05, 0) is 52.7 Å². The molecule has 0 spiro atoms. The van der Waals surface area contributed by atoms with Crippen LogP contribution in [0.2, 0.25) is 0 Å². The van der Waals surface area contributed by atoms with Gasteiger partial charge < -0.3 is 4.90 Å². The lowest BCUT2D eigenvalue weighted by molar-refractivity contribution is 0.112. The lowest BCUT2D eigenvalue weighted by Gasteiger charge is -2.23. The van der Waals surface area contributed by atoms with Crippen molar-refractivity contribution in [3.63, 3.8) is 0 Å². The van der Waals surface area contributed by atoms with E-state index < -0.39 is 0 Å². The van der Waals surface area contributed by atoms with Gasteiger partial charge in [0.05, 0.1) is 5.69 Å². The summed E-state index contributed by atoms with van der Waals surface area (Å²) < 4.78 is 0.915. The van der Waals surface area contributed by atoms with Crippen molar-refractivity contribution in [3.05, 3.63) is 58.1 Å². The molecule has 3 heteroatoms. The highest BCUT2D eigenvalue weighted by Gasteiger charge is 2.10. The van der Waals surface area contributed by atoms with Crippen molar-refractivity contribution in [2.45, 2.75) is 6.92 Å². The predicted octanol–water partition coefficient (Wildman–Crippen LogP) is 4.34. The van der Waals surface area contributed by atoms with Crippen LogP contribution in [0.1, 0.15) is 15.9 Å². The molecule has 2 rings (SSSR count). The van der Waals surface area contributed by atoms with Crippen LogP contribution < -0.4 is 4.90 Å². The van der Waals surface area contributed by atoms with Crippen molar-refractivity contribution in [1.82, 2.24) is 0 Å². The van der Waals surface area contributed by atoms with E-state index in [2.05, 4.69) is 39.9 Å². The van der Waals surface area contributed by atoms with E-state index in [-0.39, 0.29) is 0 Å². The van der Waals surface area contributed by atoms with E-state index >= 15 is 0 Å². The molecule has 0 radical (unpaired) electrons. The van der Waals surface area contributed by atoms with Crippen LogP contribution in [0.15, 0.2) is 46.9 Å². The van der Waals surface area contributed by atoms with E-state index in [1.165, 1.54) is 5.56 Å². The predicted molar refractivity (Wildman–Crippen MR) is 78.8 cm³/mol. The maximum Gasteiger partial charge on any atom is 0.150 e. The van der Waals surface area contributed by atoms with Crippen LogP contribution in [0, 0.1) is 6.92 Å². The summed E-state index contributed by atoms with van der Waals surface area (Å²) in [6.07, 6.45) is 0.850. The minimum Gasteiger partial charge on any atom is -0.343 e. The standard InChI is InChI=1S/C15H14BrNO/c1-11-5-3-4-6-14(11)17(2)15-8-7-12(10-18)9-13(15)16/h3-10H,1-2H3. The van der Waals surface area contributed by atoms with Gasteiger partial charge in [-0.1, -0.05) is 18.2 Å². The summed E-state index contributed by atoms with van der Waals surface area (Å²) in [7, 11) is 2.02. The summed E-state index contributed by atoms with van der Waals surface area (Å²) in [5.41, 5.74) is 4.07. The van der Waals surface area contributed by atoms with Gasteiger partial charge in [0, 0.05) is 22.8 Å². The fraction of sp³-hybridized carbons (Fsp3) is 0.133. The van der Waals surface area contributed by atoms with Crippen LogP contribution >= 0.6 is 15.9 Å². The summed E-state index contributed by atoms with van der Waals surface area (Å²) in [4.78, 5) is 12.8. The number of anilines is 2. The largest absolute Gasteiger partial charge is 0.343 e. The minimum absolute atomic E-state index is 0.670. The number of aldehydes is 1. The van der Waals surface area contributed by atoms with E-state index in [0.29, 0.717) is 5.56 Å². The fourth-order valence-electron chi connectivity index (χ4n) is 1.94. The topological polar surface area (TPSA) is 20.3 Å². The SMILES string of the molecule is Cc1ccccc1N(C)c1ccc(C=O)cc1Br. The van der Waals surface area contributed by atoms with Crippen LogP contribution in [0.5, 0.6) is 0 Å². The molecule has 0 unspecified atom stereocenters. The highest BCUT2D eigenvalue weighted by molar-refractivity contribution is 9.10. The molecule has 2 nitrogen and oxygen atoms in total. The first-order valence-electron chi connectivity index (χ1n) is 5.67. The minimum atomic E-state index is 0.670. The molecular weight excluding hydrogens is 290 g/mol. The molecule has 2 aromatic rings. The smallest absolute Gasteiger partial charge is 0.150 e. The molecule has 0 fully saturated rings. The van der Waals surface area contributed by atoms with Gasteiger partial charge in [-0.2, -0.15) is 0 Å². The van der Waals surface area contributed by atoms with E-state index in [1.807, 2.05) is 37.4 Å². The van der Waals surface area contributed by atoms with Crippen LogP contribution in [-0.4, -0.2) is 13.3 Å². The summed E-state index contributed by atoms with van der Waals surface area (Å²) >= 11 is 3.51. The molecule has 0 heterocycles. The maximum atomic E-state index is 10.7. The average molecular weight is 304 g/mol. The number of hydrogen-bond donors (Lipinski definition) is 0. The number of aryl methyl sites for hydroxylation is 1. The van der Waals surface area contributed by atoms with Crippen LogP contribution in [0.25, 0.3) is 0 Å². The number of nitrogens with zero attached hydrogens (tertiary/aromatic N) is 1. The van der Waals surface area contributed by atoms with Crippen molar-refractivity contribution in [3.8, 4) is 0 Å². The third-order valence-corrected chi connectivity index (χ3v) is 3.58. The number of benzene rings is 2. The van der Waals surface area contributed by atoms with Gasteiger partial charge in [0.1, 0.15) is 6.29 Å². The zero-order chi connectivity index (χ0) is 13.1. The number of hydrogen-bond acceptors (Lipinski definition) is 2. The summed E-state index contributed by atoms with van der Waals surface area (Å²) in [5, 5.41) is 0. The van der Waals surface area contributed by atoms with Crippen LogP contribution in [0.4, 0.5) is 11.4 Å². The Hall–Kier alpha value is -1.61. The molecule has 0 saturated carbocycles. The monoisotopic (exact) mass is 303 g/mol. The summed E-state index contributed by atoms with van der Waals surface area (Å²) in [6.45, 7) is 2.08. The van der Waals surface area contributed by atoms with Crippen molar-refractivity contribution >= 4 is 33.6 Å². The van der Waals surface area contributed by atoms with Crippen LogP contribution in [0.3, 0.4) is 0 Å². The Morgan fingerprint density at radius 3 is 2.44 bits per heavy atom. The Balaban J connectivity index is 2.43. The lowest BCUT2D eigenvalue weighted by Crippen LogP contribution is -2.11. The molecule has 0 saturated heterocycles.